The topological polar surface area (TPSA) is 0 Å². The summed E-state index contributed by atoms with van der Waals surface area (Å²) in [5.41, 5.74) is 4.56. The van der Waals surface area contributed by atoms with Gasteiger partial charge in [-0.05, 0) is 51.7 Å². The van der Waals surface area contributed by atoms with E-state index in [9.17, 15) is 0 Å². The Morgan fingerprint density at radius 1 is 0.548 bits per heavy atom. The molecule has 0 spiro atoms. The lowest BCUT2D eigenvalue weighted by Gasteiger charge is -2.39. The van der Waals surface area contributed by atoms with Crippen molar-refractivity contribution < 1.29 is 0 Å². The Morgan fingerprint density at radius 2 is 1.00 bits per heavy atom. The fraction of sp³-hybridized carbons (Fsp3) is 0.800. The molecule has 1 aromatic carbocycles. The quantitative estimate of drug-likeness (QED) is 0.142. The normalized spacial score (nSPS) is 13.5. The number of aryl methyl sites for hydroxylation is 1. The summed E-state index contributed by atoms with van der Waals surface area (Å²) in [6.45, 7) is 15.5. The van der Waals surface area contributed by atoms with Crippen molar-refractivity contribution in [3.63, 3.8) is 0 Å². The zero-order valence-corrected chi connectivity index (χ0v) is 22.1. The standard InChI is InChI=1S/C30H56N/c1-6-9-11-12-13-14-15-16-17-18-19-20-21-22-27-31(8-3,26-10-7-2)30-25-23-24-28(4)29(30)5/h23-25H,6-22,26-27H2,1-5H3/q+1. The van der Waals surface area contributed by atoms with Crippen molar-refractivity contribution in [3.8, 4) is 0 Å². The molecule has 0 bridgehead atoms. The maximum atomic E-state index is 2.41. The molecule has 1 aromatic rings. The predicted molar refractivity (Wildman–Crippen MR) is 143 cm³/mol. The number of hydrogen-bond acceptors (Lipinski definition) is 0. The lowest BCUT2D eigenvalue weighted by molar-refractivity contribution is 0.272. The lowest BCUT2D eigenvalue weighted by Crippen LogP contribution is -2.51. The van der Waals surface area contributed by atoms with Gasteiger partial charge in [0, 0.05) is 5.56 Å². The van der Waals surface area contributed by atoms with Crippen molar-refractivity contribution in [2.75, 3.05) is 19.6 Å². The summed E-state index contributed by atoms with van der Waals surface area (Å²) in [5.74, 6) is 0. The maximum Gasteiger partial charge on any atom is 0.136 e. The molecule has 0 N–H and O–H groups in total. The van der Waals surface area contributed by atoms with Crippen LogP contribution < -0.4 is 4.48 Å². The monoisotopic (exact) mass is 430 g/mol. The third kappa shape index (κ3) is 11.0. The molecule has 0 amide bonds. The van der Waals surface area contributed by atoms with Crippen LogP contribution in [0, 0.1) is 13.8 Å². The molecule has 180 valence electrons. The summed E-state index contributed by atoms with van der Waals surface area (Å²) in [6.07, 6.45) is 22.8. The lowest BCUT2D eigenvalue weighted by atomic mass is 10.0. The van der Waals surface area contributed by atoms with Crippen LogP contribution in [0.4, 0.5) is 5.69 Å². The van der Waals surface area contributed by atoms with Crippen molar-refractivity contribution in [1.29, 1.82) is 0 Å². The summed E-state index contributed by atoms with van der Waals surface area (Å²) < 4.78 is 1.19. The Labute approximate surface area is 196 Å². The molecule has 1 rings (SSSR count). The van der Waals surface area contributed by atoms with Gasteiger partial charge in [0.15, 0.2) is 0 Å². The van der Waals surface area contributed by atoms with E-state index in [4.69, 9.17) is 0 Å². The Hall–Kier alpha value is -0.820. The summed E-state index contributed by atoms with van der Waals surface area (Å²) in [7, 11) is 0. The summed E-state index contributed by atoms with van der Waals surface area (Å²) in [6, 6.07) is 6.96. The van der Waals surface area contributed by atoms with E-state index in [1.165, 1.54) is 138 Å². The van der Waals surface area contributed by atoms with Gasteiger partial charge in [0.05, 0.1) is 19.6 Å². The van der Waals surface area contributed by atoms with Crippen LogP contribution in [0.25, 0.3) is 0 Å². The highest BCUT2D eigenvalue weighted by Crippen LogP contribution is 2.31. The molecule has 0 aromatic heterocycles. The third-order valence-electron chi connectivity index (χ3n) is 7.57. The number of rotatable bonds is 20. The molecular formula is C30H56N+. The molecule has 0 fully saturated rings. The molecular weight excluding hydrogens is 374 g/mol. The first-order valence-corrected chi connectivity index (χ1v) is 14.0. The van der Waals surface area contributed by atoms with Crippen LogP contribution in [0.3, 0.4) is 0 Å². The molecule has 0 radical (unpaired) electrons. The van der Waals surface area contributed by atoms with Crippen molar-refractivity contribution in [3.05, 3.63) is 29.3 Å². The van der Waals surface area contributed by atoms with Gasteiger partial charge in [-0.25, -0.2) is 0 Å². The van der Waals surface area contributed by atoms with Gasteiger partial charge in [-0.3, -0.25) is 4.48 Å². The first kappa shape index (κ1) is 28.2. The average molecular weight is 431 g/mol. The number of unbranched alkanes of at least 4 members (excludes halogenated alkanes) is 14. The minimum absolute atomic E-state index is 1.19. The summed E-state index contributed by atoms with van der Waals surface area (Å²) in [5, 5.41) is 0. The van der Waals surface area contributed by atoms with Crippen molar-refractivity contribution in [2.24, 2.45) is 0 Å². The number of nitrogens with zero attached hydrogens (tertiary/aromatic N) is 1. The molecule has 0 aliphatic carbocycles. The molecule has 0 aliphatic heterocycles. The molecule has 0 heterocycles. The van der Waals surface area contributed by atoms with E-state index in [2.05, 4.69) is 52.8 Å². The van der Waals surface area contributed by atoms with Gasteiger partial charge < -0.3 is 0 Å². The highest BCUT2D eigenvalue weighted by Gasteiger charge is 2.29. The number of hydrogen-bond donors (Lipinski definition) is 0. The third-order valence-corrected chi connectivity index (χ3v) is 7.57. The van der Waals surface area contributed by atoms with E-state index in [0.717, 1.165) is 0 Å². The minimum atomic E-state index is 1.19. The van der Waals surface area contributed by atoms with Gasteiger partial charge in [0.25, 0.3) is 0 Å². The average Bonchev–Trinajstić information content (AvgIpc) is 2.78. The molecule has 1 nitrogen and oxygen atoms in total. The smallest absolute Gasteiger partial charge is 0.136 e. The first-order valence-electron chi connectivity index (χ1n) is 14.0. The summed E-state index contributed by atoms with van der Waals surface area (Å²) >= 11 is 0. The zero-order valence-electron chi connectivity index (χ0n) is 22.1. The van der Waals surface area contributed by atoms with Crippen molar-refractivity contribution in [1.82, 2.24) is 4.48 Å². The van der Waals surface area contributed by atoms with E-state index < -0.39 is 0 Å². The second-order valence-electron chi connectivity index (χ2n) is 10.1. The fourth-order valence-electron chi connectivity index (χ4n) is 5.16. The van der Waals surface area contributed by atoms with Crippen LogP contribution in [0.5, 0.6) is 0 Å². The Bertz CT molecular complexity index is 549. The van der Waals surface area contributed by atoms with E-state index in [1.54, 1.807) is 5.69 Å². The van der Waals surface area contributed by atoms with Gasteiger partial charge in [-0.2, -0.15) is 0 Å². The molecule has 1 unspecified atom stereocenters. The van der Waals surface area contributed by atoms with Crippen LogP contribution in [0.1, 0.15) is 135 Å². The second kappa shape index (κ2) is 17.7. The maximum absolute atomic E-state index is 2.41. The zero-order chi connectivity index (χ0) is 22.8. The molecule has 1 atom stereocenters. The largest absolute Gasteiger partial charge is 0.291 e. The van der Waals surface area contributed by atoms with Gasteiger partial charge in [-0.1, -0.05) is 109 Å². The van der Waals surface area contributed by atoms with Gasteiger partial charge in [0.1, 0.15) is 5.69 Å². The highest BCUT2D eigenvalue weighted by molar-refractivity contribution is 5.53. The SMILES string of the molecule is CCCCCCCCCCCCCCCC[N+](CC)(CCCC)c1cccc(C)c1C. The van der Waals surface area contributed by atoms with Crippen molar-refractivity contribution in [2.45, 2.75) is 137 Å². The number of benzene rings is 1. The van der Waals surface area contributed by atoms with Crippen LogP contribution in [-0.2, 0) is 0 Å². The van der Waals surface area contributed by atoms with Crippen LogP contribution >= 0.6 is 0 Å². The Kier molecular flexibility index (Phi) is 16.1. The predicted octanol–water partition coefficient (Wildman–Crippen LogP) is 9.91. The summed E-state index contributed by atoms with van der Waals surface area (Å²) in [4.78, 5) is 0. The van der Waals surface area contributed by atoms with E-state index in [1.807, 2.05) is 0 Å². The number of quaternary nitrogens is 1. The van der Waals surface area contributed by atoms with Gasteiger partial charge in [0.2, 0.25) is 0 Å². The Morgan fingerprint density at radius 3 is 1.48 bits per heavy atom. The van der Waals surface area contributed by atoms with Crippen molar-refractivity contribution >= 4 is 5.69 Å². The first-order chi connectivity index (χ1) is 15.1. The molecule has 0 saturated heterocycles. The second-order valence-corrected chi connectivity index (χ2v) is 10.1. The molecule has 31 heavy (non-hydrogen) atoms. The van der Waals surface area contributed by atoms with E-state index >= 15 is 0 Å². The van der Waals surface area contributed by atoms with Crippen LogP contribution in [0.15, 0.2) is 18.2 Å². The highest BCUT2D eigenvalue weighted by atomic mass is 15.4. The molecule has 0 aliphatic rings. The Balaban J connectivity index is 2.27. The van der Waals surface area contributed by atoms with E-state index in [-0.39, 0.29) is 0 Å². The van der Waals surface area contributed by atoms with Gasteiger partial charge >= 0.3 is 0 Å². The van der Waals surface area contributed by atoms with Crippen LogP contribution in [0.2, 0.25) is 0 Å². The molecule has 0 saturated carbocycles. The molecule has 1 heteroatoms. The minimum Gasteiger partial charge on any atom is -0.291 e. The fourth-order valence-corrected chi connectivity index (χ4v) is 5.16. The van der Waals surface area contributed by atoms with Crippen LogP contribution in [-0.4, -0.2) is 19.6 Å². The van der Waals surface area contributed by atoms with Gasteiger partial charge in [-0.15, -0.1) is 0 Å². The van der Waals surface area contributed by atoms with E-state index in [0.29, 0.717) is 0 Å².